The van der Waals surface area contributed by atoms with Gasteiger partial charge in [0, 0.05) is 12.5 Å². The van der Waals surface area contributed by atoms with Crippen LogP contribution in [0.4, 0.5) is 23.2 Å². The first-order chi connectivity index (χ1) is 14.6. The van der Waals surface area contributed by atoms with E-state index in [1.165, 1.54) is 10.9 Å². The number of nitrogens with one attached hydrogen (secondary N) is 1. The maximum atomic E-state index is 13.5. The van der Waals surface area contributed by atoms with E-state index in [2.05, 4.69) is 20.5 Å². The van der Waals surface area contributed by atoms with Crippen LogP contribution in [0.2, 0.25) is 5.02 Å². The number of fused-ring (bicyclic) bond motifs is 1. The second-order valence-corrected chi connectivity index (χ2v) is 7.79. The molecule has 1 aromatic carbocycles. The topological polar surface area (TPSA) is 79.7 Å². The predicted octanol–water partition coefficient (Wildman–Crippen LogP) is 3.73. The number of alkyl halides is 3. The van der Waals surface area contributed by atoms with Gasteiger partial charge in [0.15, 0.2) is 0 Å². The van der Waals surface area contributed by atoms with Gasteiger partial charge in [-0.05, 0) is 31.5 Å². The average Bonchev–Trinajstić information content (AvgIpc) is 3.11. The van der Waals surface area contributed by atoms with E-state index < -0.39 is 29.2 Å². The lowest BCUT2D eigenvalue weighted by atomic mass is 9.98. The molecule has 0 spiro atoms. The minimum atomic E-state index is -4.71. The van der Waals surface area contributed by atoms with Crippen molar-refractivity contribution in [1.29, 1.82) is 0 Å². The average molecular weight is 457 g/mol. The van der Waals surface area contributed by atoms with Crippen LogP contribution in [0, 0.1) is 5.82 Å². The molecule has 0 bridgehead atoms. The molecule has 3 aromatic rings. The summed E-state index contributed by atoms with van der Waals surface area (Å²) in [6.45, 7) is 3.71. The van der Waals surface area contributed by atoms with E-state index in [-0.39, 0.29) is 23.2 Å². The molecule has 31 heavy (non-hydrogen) atoms. The fraction of sp³-hybridized carbons (Fsp3) is 0.368. The third-order valence-electron chi connectivity index (χ3n) is 5.44. The van der Waals surface area contributed by atoms with E-state index in [4.69, 9.17) is 11.6 Å². The second-order valence-electron chi connectivity index (χ2n) is 7.41. The van der Waals surface area contributed by atoms with Gasteiger partial charge in [-0.2, -0.15) is 18.3 Å². The van der Waals surface area contributed by atoms with Crippen molar-refractivity contribution < 1.29 is 17.6 Å². The van der Waals surface area contributed by atoms with Gasteiger partial charge in [-0.3, -0.25) is 4.79 Å². The highest BCUT2D eigenvalue weighted by Crippen LogP contribution is 2.37. The van der Waals surface area contributed by atoms with Gasteiger partial charge in [0.2, 0.25) is 0 Å². The number of halogens is 5. The number of nitrogens with zero attached hydrogens (tertiary/aromatic N) is 5. The molecule has 12 heteroatoms. The lowest BCUT2D eigenvalue weighted by molar-refractivity contribution is -0.138. The highest BCUT2D eigenvalue weighted by atomic mass is 35.5. The largest absolute Gasteiger partial charge is 0.416 e. The molecule has 0 aliphatic carbocycles. The minimum absolute atomic E-state index is 0.00723. The van der Waals surface area contributed by atoms with E-state index in [9.17, 15) is 22.4 Å². The summed E-state index contributed by atoms with van der Waals surface area (Å²) in [5.41, 5.74) is -0.0105. The van der Waals surface area contributed by atoms with Gasteiger partial charge in [-0.15, -0.1) is 5.10 Å². The molecular formula is C19H17ClF4N6O. The van der Waals surface area contributed by atoms with Gasteiger partial charge >= 0.3 is 6.18 Å². The zero-order valence-corrected chi connectivity index (χ0v) is 17.2. The van der Waals surface area contributed by atoms with Crippen molar-refractivity contribution in [1.82, 2.24) is 25.2 Å². The van der Waals surface area contributed by atoms with Crippen LogP contribution in [0.1, 0.15) is 42.4 Å². The Morgan fingerprint density at radius 3 is 2.77 bits per heavy atom. The zero-order valence-electron chi connectivity index (χ0n) is 16.4. The standard InChI is InChI=1S/C19H17ClF4N6O/c1-9-5-15-14(8-29(9)16-7-25-27-18(31)17(16)20)26-28-30(15)10(2)12-4-3-11(21)6-13(12)19(22,23)24/h3-4,6-7,9-10H,5,8H2,1-2H3,(H,27,31)/t9-,10-/m1/s1. The second kappa shape index (κ2) is 7.63. The first kappa shape index (κ1) is 21.3. The van der Waals surface area contributed by atoms with Crippen LogP contribution in [0.15, 0.2) is 29.2 Å². The van der Waals surface area contributed by atoms with Crippen LogP contribution in [-0.2, 0) is 19.1 Å². The zero-order chi connectivity index (χ0) is 22.5. The van der Waals surface area contributed by atoms with Crippen LogP contribution >= 0.6 is 11.6 Å². The highest BCUT2D eigenvalue weighted by Gasteiger charge is 2.37. The maximum Gasteiger partial charge on any atom is 0.416 e. The quantitative estimate of drug-likeness (QED) is 0.607. The SMILES string of the molecule is C[C@@H]1Cc2c(nnn2[C@H](C)c2ccc(F)cc2C(F)(F)F)CN1c1cn[nH]c(=O)c1Cl. The number of H-pyrrole nitrogens is 1. The number of anilines is 1. The third-order valence-corrected chi connectivity index (χ3v) is 5.80. The normalized spacial score (nSPS) is 17.5. The predicted molar refractivity (Wildman–Crippen MR) is 104 cm³/mol. The number of hydrogen-bond acceptors (Lipinski definition) is 5. The Kier molecular flexibility index (Phi) is 5.24. The Hall–Kier alpha value is -2.95. The van der Waals surface area contributed by atoms with E-state index in [0.717, 1.165) is 12.1 Å². The molecule has 7 nitrogen and oxygen atoms in total. The Balaban J connectivity index is 1.71. The number of aromatic amines is 1. The first-order valence-corrected chi connectivity index (χ1v) is 9.75. The number of aromatic nitrogens is 5. The summed E-state index contributed by atoms with van der Waals surface area (Å²) in [6, 6.07) is 1.63. The molecule has 4 rings (SSSR count). The molecule has 0 saturated carbocycles. The van der Waals surface area contributed by atoms with Crippen molar-refractivity contribution in [2.75, 3.05) is 4.90 Å². The van der Waals surface area contributed by atoms with Crippen LogP contribution in [-0.4, -0.2) is 31.2 Å². The maximum absolute atomic E-state index is 13.5. The van der Waals surface area contributed by atoms with Crippen molar-refractivity contribution in [3.63, 3.8) is 0 Å². The van der Waals surface area contributed by atoms with Crippen LogP contribution in [0.25, 0.3) is 0 Å². The summed E-state index contributed by atoms with van der Waals surface area (Å²) in [5, 5.41) is 14.3. The van der Waals surface area contributed by atoms with E-state index in [1.54, 1.807) is 6.92 Å². The molecule has 1 aliphatic heterocycles. The number of hydrogen-bond donors (Lipinski definition) is 1. The van der Waals surface area contributed by atoms with Crippen LogP contribution in [0.3, 0.4) is 0 Å². The van der Waals surface area contributed by atoms with Gasteiger partial charge in [-0.1, -0.05) is 22.9 Å². The molecule has 2 aromatic heterocycles. The van der Waals surface area contributed by atoms with Gasteiger partial charge < -0.3 is 4.90 Å². The fourth-order valence-electron chi connectivity index (χ4n) is 3.87. The highest BCUT2D eigenvalue weighted by molar-refractivity contribution is 6.33. The van der Waals surface area contributed by atoms with Gasteiger partial charge in [0.05, 0.1) is 35.7 Å². The molecule has 0 unspecified atom stereocenters. The summed E-state index contributed by atoms with van der Waals surface area (Å²) in [7, 11) is 0. The Bertz CT molecular complexity index is 1190. The molecule has 2 atom stereocenters. The van der Waals surface area contributed by atoms with E-state index in [1.807, 2.05) is 11.8 Å². The summed E-state index contributed by atoms with van der Waals surface area (Å²) >= 11 is 6.12. The van der Waals surface area contributed by atoms with Crippen molar-refractivity contribution in [3.05, 3.63) is 68.1 Å². The molecule has 1 aliphatic rings. The van der Waals surface area contributed by atoms with Crippen LogP contribution in [0.5, 0.6) is 0 Å². The van der Waals surface area contributed by atoms with E-state index in [0.29, 0.717) is 29.6 Å². The molecule has 3 heterocycles. The van der Waals surface area contributed by atoms with Crippen molar-refractivity contribution in [2.24, 2.45) is 0 Å². The Morgan fingerprint density at radius 1 is 1.32 bits per heavy atom. The summed E-state index contributed by atoms with van der Waals surface area (Å²) < 4.78 is 55.4. The monoisotopic (exact) mass is 456 g/mol. The molecular weight excluding hydrogens is 440 g/mol. The number of benzene rings is 1. The van der Waals surface area contributed by atoms with Crippen molar-refractivity contribution in [2.45, 2.75) is 45.1 Å². The number of rotatable bonds is 3. The molecule has 0 saturated heterocycles. The molecule has 0 amide bonds. The van der Waals surface area contributed by atoms with Gasteiger partial charge in [-0.25, -0.2) is 14.2 Å². The van der Waals surface area contributed by atoms with Gasteiger partial charge in [0.1, 0.15) is 16.5 Å². The van der Waals surface area contributed by atoms with Crippen molar-refractivity contribution in [3.8, 4) is 0 Å². The summed E-state index contributed by atoms with van der Waals surface area (Å²) in [4.78, 5) is 13.6. The Labute approximate surface area is 178 Å². The molecule has 0 radical (unpaired) electrons. The lowest BCUT2D eigenvalue weighted by Gasteiger charge is -2.35. The van der Waals surface area contributed by atoms with Crippen molar-refractivity contribution >= 4 is 17.3 Å². The Morgan fingerprint density at radius 2 is 2.06 bits per heavy atom. The van der Waals surface area contributed by atoms with Gasteiger partial charge in [0.25, 0.3) is 5.56 Å². The van der Waals surface area contributed by atoms with Crippen LogP contribution < -0.4 is 10.5 Å². The summed E-state index contributed by atoms with van der Waals surface area (Å²) in [6.07, 6.45) is -2.87. The lowest BCUT2D eigenvalue weighted by Crippen LogP contribution is -2.40. The van der Waals surface area contributed by atoms with E-state index >= 15 is 0 Å². The fourth-order valence-corrected chi connectivity index (χ4v) is 4.07. The molecule has 164 valence electrons. The minimum Gasteiger partial charge on any atom is -0.360 e. The molecule has 1 N–H and O–H groups in total. The third kappa shape index (κ3) is 3.78. The summed E-state index contributed by atoms with van der Waals surface area (Å²) in [5.74, 6) is -0.962. The first-order valence-electron chi connectivity index (χ1n) is 9.37. The molecule has 0 fully saturated rings. The smallest absolute Gasteiger partial charge is 0.360 e.